The number of hydrogen-bond acceptors (Lipinski definition) is 3. The molecule has 0 saturated carbocycles. The van der Waals surface area contributed by atoms with Gasteiger partial charge in [-0.2, -0.15) is 0 Å². The lowest BCUT2D eigenvalue weighted by molar-refractivity contribution is 0.0724. The van der Waals surface area contributed by atoms with Crippen LogP contribution in [0.25, 0.3) is 0 Å². The van der Waals surface area contributed by atoms with Crippen LogP contribution in [0.5, 0.6) is 0 Å². The molecule has 2 aromatic carbocycles. The van der Waals surface area contributed by atoms with Crippen LogP contribution in [0.4, 0.5) is 0 Å². The molecule has 0 spiro atoms. The van der Waals surface area contributed by atoms with Crippen molar-refractivity contribution in [2.75, 3.05) is 46.3 Å². The van der Waals surface area contributed by atoms with Crippen molar-refractivity contribution in [3.8, 4) is 0 Å². The van der Waals surface area contributed by atoms with Crippen molar-refractivity contribution < 1.29 is 4.79 Å². The number of carbonyl (C=O) groups excluding carboxylic acids is 1. The Bertz CT molecular complexity index is 882. The SMILES string of the molecule is CN=C(NCc1ccc(C(=O)N2CCCCC2)cc1)N1CCN(Cc2ccccc2)CC1. The number of rotatable bonds is 5. The molecule has 2 aromatic rings. The van der Waals surface area contributed by atoms with Gasteiger partial charge in [0.1, 0.15) is 0 Å². The van der Waals surface area contributed by atoms with Crippen LogP contribution in [0.15, 0.2) is 59.6 Å². The van der Waals surface area contributed by atoms with E-state index in [9.17, 15) is 4.79 Å². The molecule has 2 saturated heterocycles. The lowest BCUT2D eigenvalue weighted by Crippen LogP contribution is -2.52. The lowest BCUT2D eigenvalue weighted by atomic mass is 10.1. The van der Waals surface area contributed by atoms with Crippen molar-refractivity contribution in [1.82, 2.24) is 20.0 Å². The Labute approximate surface area is 191 Å². The summed E-state index contributed by atoms with van der Waals surface area (Å²) in [5, 5.41) is 3.49. The average molecular weight is 434 g/mol. The molecule has 4 rings (SSSR count). The molecular weight excluding hydrogens is 398 g/mol. The first-order valence-electron chi connectivity index (χ1n) is 11.8. The maximum Gasteiger partial charge on any atom is 0.253 e. The van der Waals surface area contributed by atoms with E-state index in [1.807, 2.05) is 24.1 Å². The molecule has 6 nitrogen and oxygen atoms in total. The highest BCUT2D eigenvalue weighted by Gasteiger charge is 2.20. The van der Waals surface area contributed by atoms with Crippen molar-refractivity contribution >= 4 is 11.9 Å². The molecule has 32 heavy (non-hydrogen) atoms. The third kappa shape index (κ3) is 5.88. The summed E-state index contributed by atoms with van der Waals surface area (Å²) in [6.07, 6.45) is 3.47. The standard InChI is InChI=1S/C26H35N5O/c1-27-26(31-18-16-29(17-19-31)21-23-8-4-2-5-9-23)28-20-22-10-12-24(13-11-22)25(32)30-14-6-3-7-15-30/h2,4-5,8-13H,3,6-7,14-21H2,1H3,(H,27,28). The summed E-state index contributed by atoms with van der Waals surface area (Å²) in [5.41, 5.74) is 3.31. The van der Waals surface area contributed by atoms with Gasteiger partial charge in [-0.05, 0) is 42.5 Å². The molecule has 1 amide bonds. The van der Waals surface area contributed by atoms with Gasteiger partial charge in [0.25, 0.3) is 5.91 Å². The number of nitrogens with zero attached hydrogens (tertiary/aromatic N) is 4. The number of hydrogen-bond donors (Lipinski definition) is 1. The molecule has 1 N–H and O–H groups in total. The number of piperidine rings is 1. The van der Waals surface area contributed by atoms with Gasteiger partial charge in [0.2, 0.25) is 0 Å². The van der Waals surface area contributed by atoms with Gasteiger partial charge >= 0.3 is 0 Å². The third-order valence-electron chi connectivity index (χ3n) is 6.43. The Kier molecular flexibility index (Phi) is 7.77. The minimum absolute atomic E-state index is 0.161. The Morgan fingerprint density at radius 1 is 0.812 bits per heavy atom. The fourth-order valence-electron chi connectivity index (χ4n) is 4.52. The van der Waals surface area contributed by atoms with E-state index >= 15 is 0 Å². The summed E-state index contributed by atoms with van der Waals surface area (Å²) in [6, 6.07) is 18.7. The third-order valence-corrected chi connectivity index (χ3v) is 6.43. The first kappa shape index (κ1) is 22.3. The lowest BCUT2D eigenvalue weighted by Gasteiger charge is -2.36. The van der Waals surface area contributed by atoms with Gasteiger partial charge in [-0.25, -0.2) is 0 Å². The maximum atomic E-state index is 12.7. The first-order valence-corrected chi connectivity index (χ1v) is 11.8. The predicted octanol–water partition coefficient (Wildman–Crippen LogP) is 3.21. The highest BCUT2D eigenvalue weighted by molar-refractivity contribution is 5.94. The van der Waals surface area contributed by atoms with Crippen LogP contribution in [0.1, 0.15) is 40.7 Å². The molecular formula is C26H35N5O. The molecule has 0 aromatic heterocycles. The zero-order chi connectivity index (χ0) is 22.2. The molecule has 2 aliphatic rings. The van der Waals surface area contributed by atoms with E-state index in [4.69, 9.17) is 0 Å². The summed E-state index contributed by atoms with van der Waals surface area (Å²) in [7, 11) is 1.85. The van der Waals surface area contributed by atoms with Gasteiger partial charge in [0.05, 0.1) is 0 Å². The van der Waals surface area contributed by atoms with Gasteiger partial charge in [-0.3, -0.25) is 14.7 Å². The summed E-state index contributed by atoms with van der Waals surface area (Å²) in [5.74, 6) is 1.10. The van der Waals surface area contributed by atoms with E-state index in [0.29, 0.717) is 6.54 Å². The molecule has 2 fully saturated rings. The minimum atomic E-state index is 0.161. The van der Waals surface area contributed by atoms with E-state index in [2.05, 4.69) is 62.6 Å². The second-order valence-corrected chi connectivity index (χ2v) is 8.70. The molecule has 0 radical (unpaired) electrons. The number of amides is 1. The van der Waals surface area contributed by atoms with Crippen molar-refractivity contribution in [1.29, 1.82) is 0 Å². The van der Waals surface area contributed by atoms with Crippen molar-refractivity contribution in [2.24, 2.45) is 4.99 Å². The van der Waals surface area contributed by atoms with Gasteiger partial charge in [-0.1, -0.05) is 42.5 Å². The fraction of sp³-hybridized carbons (Fsp3) is 0.462. The predicted molar refractivity (Wildman–Crippen MR) is 130 cm³/mol. The quantitative estimate of drug-likeness (QED) is 0.581. The second kappa shape index (κ2) is 11.1. The van der Waals surface area contributed by atoms with Crippen LogP contribution in [0, 0.1) is 0 Å². The van der Waals surface area contributed by atoms with Gasteiger partial charge in [-0.15, -0.1) is 0 Å². The van der Waals surface area contributed by atoms with Crippen LogP contribution < -0.4 is 5.32 Å². The largest absolute Gasteiger partial charge is 0.352 e. The first-order chi connectivity index (χ1) is 15.7. The molecule has 6 heteroatoms. The van der Waals surface area contributed by atoms with E-state index in [-0.39, 0.29) is 5.91 Å². The minimum Gasteiger partial charge on any atom is -0.352 e. The van der Waals surface area contributed by atoms with E-state index in [0.717, 1.165) is 75.7 Å². The van der Waals surface area contributed by atoms with Gasteiger partial charge in [0.15, 0.2) is 5.96 Å². The summed E-state index contributed by atoms with van der Waals surface area (Å²) in [6.45, 7) is 7.48. The highest BCUT2D eigenvalue weighted by Crippen LogP contribution is 2.14. The number of aliphatic imine (C=N–C) groups is 1. The summed E-state index contributed by atoms with van der Waals surface area (Å²) in [4.78, 5) is 24.0. The van der Waals surface area contributed by atoms with Crippen molar-refractivity contribution in [2.45, 2.75) is 32.4 Å². The van der Waals surface area contributed by atoms with Gasteiger partial charge < -0.3 is 15.1 Å². The Morgan fingerprint density at radius 3 is 2.16 bits per heavy atom. The Morgan fingerprint density at radius 2 is 1.50 bits per heavy atom. The van der Waals surface area contributed by atoms with Crippen LogP contribution in [0.2, 0.25) is 0 Å². The van der Waals surface area contributed by atoms with Crippen molar-refractivity contribution in [3.05, 3.63) is 71.3 Å². The monoisotopic (exact) mass is 433 g/mol. The normalized spacial score (nSPS) is 18.0. The van der Waals surface area contributed by atoms with Gasteiger partial charge in [0, 0.05) is 65.0 Å². The molecule has 2 heterocycles. The zero-order valence-electron chi connectivity index (χ0n) is 19.2. The van der Waals surface area contributed by atoms with Crippen LogP contribution in [-0.4, -0.2) is 72.9 Å². The number of likely N-dealkylation sites (tertiary alicyclic amines) is 1. The van der Waals surface area contributed by atoms with Crippen LogP contribution in [0.3, 0.4) is 0 Å². The number of carbonyl (C=O) groups is 1. The molecule has 2 aliphatic heterocycles. The average Bonchev–Trinajstić information content (AvgIpc) is 2.86. The fourth-order valence-corrected chi connectivity index (χ4v) is 4.52. The zero-order valence-corrected chi connectivity index (χ0v) is 19.2. The second-order valence-electron chi connectivity index (χ2n) is 8.70. The van der Waals surface area contributed by atoms with E-state index < -0.39 is 0 Å². The Balaban J connectivity index is 1.24. The highest BCUT2D eigenvalue weighted by atomic mass is 16.2. The molecule has 0 aliphatic carbocycles. The topological polar surface area (TPSA) is 51.2 Å². The number of benzene rings is 2. The smallest absolute Gasteiger partial charge is 0.253 e. The van der Waals surface area contributed by atoms with Crippen LogP contribution in [-0.2, 0) is 13.1 Å². The summed E-state index contributed by atoms with van der Waals surface area (Å²) >= 11 is 0. The molecule has 0 atom stereocenters. The molecule has 0 bridgehead atoms. The molecule has 170 valence electrons. The van der Waals surface area contributed by atoms with Crippen LogP contribution >= 0.6 is 0 Å². The number of guanidine groups is 1. The number of piperazine rings is 1. The van der Waals surface area contributed by atoms with Crippen molar-refractivity contribution in [3.63, 3.8) is 0 Å². The Hall–Kier alpha value is -2.86. The van der Waals surface area contributed by atoms with E-state index in [1.54, 1.807) is 0 Å². The number of nitrogens with one attached hydrogen (secondary N) is 1. The van der Waals surface area contributed by atoms with E-state index in [1.165, 1.54) is 12.0 Å². The summed E-state index contributed by atoms with van der Waals surface area (Å²) < 4.78 is 0. The molecule has 0 unspecified atom stereocenters. The maximum absolute atomic E-state index is 12.7.